The molecule has 0 aliphatic carbocycles. The number of hydrogen-bond donors (Lipinski definition) is 0. The van der Waals surface area contributed by atoms with E-state index in [1.807, 2.05) is 0 Å². The number of nitrogens with zero attached hydrogens (tertiary/aromatic N) is 4. The molecule has 228 valence electrons. The summed E-state index contributed by atoms with van der Waals surface area (Å²) in [5.74, 6) is -8.55. The Morgan fingerprint density at radius 3 is 1.05 bits per heavy atom. The monoisotopic (exact) mass is 620 g/mol. The average molecular weight is 620 g/mol. The Hall–Kier alpha value is -2.34. The summed E-state index contributed by atoms with van der Waals surface area (Å²) >= 11 is 0. The first-order chi connectivity index (χ1) is 17.2. The van der Waals surface area contributed by atoms with Gasteiger partial charge in [-0.3, -0.25) is 0 Å². The van der Waals surface area contributed by atoms with Crippen LogP contribution in [0.1, 0.15) is 37.3 Å². The maximum absolute atomic E-state index is 12.5. The first kappa shape index (κ1) is 36.7. The lowest BCUT2D eigenvalue weighted by Crippen LogP contribution is -2.45. The molecule has 0 unspecified atom stereocenters. The van der Waals surface area contributed by atoms with Gasteiger partial charge in [0.2, 0.25) is 11.8 Å². The maximum Gasteiger partial charge on any atom is 0.412 e. The molecular formula is C18H22F13N4O3P. The first-order valence-electron chi connectivity index (χ1n) is 10.3. The number of imidazole rings is 2. The molecule has 0 fully saturated rings. The van der Waals surface area contributed by atoms with Crippen LogP contribution in [0.25, 0.3) is 0 Å². The van der Waals surface area contributed by atoms with Crippen molar-refractivity contribution in [2.75, 3.05) is 0 Å². The smallest absolute Gasteiger partial charge is 0.412 e. The zero-order chi connectivity index (χ0) is 31.4. The van der Waals surface area contributed by atoms with Gasteiger partial charge in [0.15, 0.2) is 0 Å². The highest BCUT2D eigenvalue weighted by Crippen LogP contribution is 2.46. The number of halogens is 13. The summed E-state index contributed by atoms with van der Waals surface area (Å²) in [6, 6.07) is 0. The minimum absolute atomic E-state index is 0.0405. The van der Waals surface area contributed by atoms with Gasteiger partial charge in [0.1, 0.15) is 32.7 Å². The van der Waals surface area contributed by atoms with Crippen LogP contribution in [0.15, 0.2) is 24.8 Å². The van der Waals surface area contributed by atoms with E-state index < -0.39 is 56.1 Å². The van der Waals surface area contributed by atoms with Gasteiger partial charge in [-0.2, -0.15) is 52.7 Å². The largest absolute Gasteiger partial charge is 0.786 e. The van der Waals surface area contributed by atoms with Crippen molar-refractivity contribution in [3.63, 3.8) is 0 Å². The second kappa shape index (κ2) is 12.9. The molecule has 7 nitrogen and oxygen atoms in total. The molecule has 39 heavy (non-hydrogen) atoms. The highest BCUT2D eigenvalue weighted by Gasteiger charge is 2.63. The first-order valence-corrected chi connectivity index (χ1v) is 11.7. The van der Waals surface area contributed by atoms with Crippen LogP contribution < -0.4 is 18.9 Å². The molecule has 0 atom stereocenters. The lowest BCUT2D eigenvalue weighted by atomic mass is 10.1. The normalized spacial score (nSPS) is 13.3. The highest BCUT2D eigenvalue weighted by molar-refractivity contribution is 7.42. The van der Waals surface area contributed by atoms with Crippen LogP contribution in [0.5, 0.6) is 0 Å². The summed E-state index contributed by atoms with van der Waals surface area (Å²) in [7, 11) is -3.32. The lowest BCUT2D eigenvalue weighted by molar-refractivity contribution is -0.684. The van der Waals surface area contributed by atoms with Crippen molar-refractivity contribution < 1.29 is 80.4 Å². The Morgan fingerprint density at radius 2 is 0.897 bits per heavy atom. The Labute approximate surface area is 212 Å². The van der Waals surface area contributed by atoms with Crippen molar-refractivity contribution >= 4 is 7.91 Å². The SMILES string of the molecule is CCn1cc[n+](C)c1C(C(F)(F)F)C(F)(F)F.CCn1cc[n+](C)c1C(C(F)(F)F)C(F)(F)F.O=P([O-])([O-])F. The van der Waals surface area contributed by atoms with Gasteiger partial charge < -0.3 is 14.4 Å². The van der Waals surface area contributed by atoms with Gasteiger partial charge in [-0.05, 0) is 13.8 Å². The van der Waals surface area contributed by atoms with Crippen molar-refractivity contribution in [1.29, 1.82) is 0 Å². The van der Waals surface area contributed by atoms with E-state index in [9.17, 15) is 56.9 Å². The van der Waals surface area contributed by atoms with Crippen LogP contribution in [0.4, 0.5) is 56.9 Å². The van der Waals surface area contributed by atoms with Crippen LogP contribution in [0.3, 0.4) is 0 Å². The molecule has 2 aromatic rings. The number of aryl methyl sites for hydroxylation is 4. The van der Waals surface area contributed by atoms with E-state index in [4.69, 9.17) is 14.4 Å². The van der Waals surface area contributed by atoms with E-state index >= 15 is 0 Å². The molecule has 0 saturated carbocycles. The third-order valence-electron chi connectivity index (χ3n) is 4.76. The molecule has 0 amide bonds. The summed E-state index contributed by atoms with van der Waals surface area (Å²) in [5, 5.41) is 0. The van der Waals surface area contributed by atoms with E-state index in [0.29, 0.717) is 0 Å². The van der Waals surface area contributed by atoms with Crippen molar-refractivity contribution in [3.8, 4) is 0 Å². The van der Waals surface area contributed by atoms with E-state index in [-0.39, 0.29) is 13.1 Å². The van der Waals surface area contributed by atoms with Crippen LogP contribution in [-0.4, -0.2) is 33.8 Å². The summed E-state index contributed by atoms with van der Waals surface area (Å²) < 4.78 is 172. The summed E-state index contributed by atoms with van der Waals surface area (Å²) in [5.41, 5.74) is 0. The van der Waals surface area contributed by atoms with Gasteiger partial charge >= 0.3 is 24.7 Å². The molecule has 2 rings (SSSR count). The standard InChI is InChI=1S/2C9H11F6N2.FH2O3P/c2*1-3-17-5-4-16(2)7(17)6(8(10,11)12)9(13,14)15;1-5(2,3)4/h2*4-6H,3H2,1-2H3;(H2,2,3,4)/q2*+1;/p-2. The number of rotatable bonds is 4. The third-order valence-corrected chi connectivity index (χ3v) is 4.76. The highest BCUT2D eigenvalue weighted by atomic mass is 31.2. The van der Waals surface area contributed by atoms with Gasteiger partial charge in [-0.15, -0.1) is 0 Å². The van der Waals surface area contributed by atoms with Gasteiger partial charge in [0.25, 0.3) is 11.6 Å². The van der Waals surface area contributed by atoms with Crippen molar-refractivity contribution in [2.45, 2.75) is 63.5 Å². The van der Waals surface area contributed by atoms with Gasteiger partial charge in [-0.25, -0.2) is 22.5 Å². The van der Waals surface area contributed by atoms with Crippen LogP contribution in [0, 0.1) is 0 Å². The second-order valence-corrected chi connectivity index (χ2v) is 8.43. The van der Waals surface area contributed by atoms with E-state index in [0.717, 1.165) is 32.4 Å². The fourth-order valence-corrected chi connectivity index (χ4v) is 3.30. The molecule has 0 radical (unpaired) electrons. The van der Waals surface area contributed by atoms with Crippen LogP contribution in [0.2, 0.25) is 0 Å². The minimum Gasteiger partial charge on any atom is -0.786 e. The topological polar surface area (TPSA) is 80.8 Å². The molecule has 0 N–H and O–H groups in total. The van der Waals surface area contributed by atoms with E-state index in [1.54, 1.807) is 0 Å². The molecule has 0 aliphatic heterocycles. The Balaban J connectivity index is 0.000000632. The van der Waals surface area contributed by atoms with Gasteiger partial charge in [0, 0.05) is 0 Å². The third kappa shape index (κ3) is 11.4. The van der Waals surface area contributed by atoms with Crippen molar-refractivity contribution in [1.82, 2.24) is 9.13 Å². The fourth-order valence-electron chi connectivity index (χ4n) is 3.30. The van der Waals surface area contributed by atoms with Crippen molar-refractivity contribution in [2.24, 2.45) is 14.1 Å². The van der Waals surface area contributed by atoms with E-state index in [2.05, 4.69) is 0 Å². The Bertz CT molecular complexity index is 985. The summed E-state index contributed by atoms with van der Waals surface area (Å²) in [6.45, 7) is 3.04. The number of alkyl halides is 12. The Morgan fingerprint density at radius 1 is 0.692 bits per heavy atom. The quantitative estimate of drug-likeness (QED) is 0.296. The molecular weight excluding hydrogens is 598 g/mol. The number of hydrogen-bond acceptors (Lipinski definition) is 3. The predicted molar refractivity (Wildman–Crippen MR) is 101 cm³/mol. The minimum atomic E-state index is -5.64. The molecule has 21 heteroatoms. The number of aromatic nitrogens is 4. The van der Waals surface area contributed by atoms with Crippen molar-refractivity contribution in [3.05, 3.63) is 36.4 Å². The maximum atomic E-state index is 12.5. The summed E-state index contributed by atoms with van der Waals surface area (Å²) in [4.78, 5) is 16.9. The zero-order valence-corrected chi connectivity index (χ0v) is 21.1. The molecule has 2 aromatic heterocycles. The van der Waals surface area contributed by atoms with Crippen LogP contribution >= 0.6 is 7.91 Å². The molecule has 0 spiro atoms. The lowest BCUT2D eigenvalue weighted by Gasteiger charge is -2.20. The predicted octanol–water partition coefficient (Wildman–Crippen LogP) is 3.87. The van der Waals surface area contributed by atoms with E-state index in [1.165, 1.54) is 38.6 Å². The molecule has 0 aliphatic rings. The van der Waals surface area contributed by atoms with Gasteiger partial charge in [-0.1, -0.05) is 0 Å². The zero-order valence-electron chi connectivity index (χ0n) is 20.3. The molecule has 0 aromatic carbocycles. The molecule has 0 saturated heterocycles. The fraction of sp³-hybridized carbons (Fsp3) is 0.667. The Kier molecular flexibility index (Phi) is 12.1. The second-order valence-electron chi connectivity index (χ2n) is 7.57. The molecule has 0 bridgehead atoms. The van der Waals surface area contributed by atoms with Crippen LogP contribution in [-0.2, 0) is 31.7 Å². The summed E-state index contributed by atoms with van der Waals surface area (Å²) in [6.07, 6.45) is -16.7. The average Bonchev–Trinajstić information content (AvgIpc) is 3.19. The molecule has 2 heterocycles. The van der Waals surface area contributed by atoms with Gasteiger partial charge in [0.05, 0.1) is 27.2 Å².